The molecule has 45 heavy (non-hydrogen) atoms. The van der Waals surface area contributed by atoms with Crippen LogP contribution in [0.5, 0.6) is 11.5 Å². The number of nitrogens with two attached hydrogens (primary N) is 1. The van der Waals surface area contributed by atoms with Gasteiger partial charge in [-0.05, 0) is 74.1 Å². The highest BCUT2D eigenvalue weighted by Gasteiger charge is 2.75. The van der Waals surface area contributed by atoms with E-state index < -0.39 is 31.0 Å². The molecule has 0 saturated heterocycles. The average Bonchev–Trinajstić information content (AvgIpc) is 3.42. The van der Waals surface area contributed by atoms with Crippen molar-refractivity contribution in [3.05, 3.63) is 95.1 Å². The van der Waals surface area contributed by atoms with E-state index in [9.17, 15) is 14.3 Å². The summed E-state index contributed by atoms with van der Waals surface area (Å²) in [4.78, 5) is 25.1. The van der Waals surface area contributed by atoms with E-state index in [1.165, 1.54) is 11.1 Å². The largest absolute Gasteiger partial charge is 0.493 e. The molecule has 6 unspecified atom stereocenters. The zero-order valence-corrected chi connectivity index (χ0v) is 26.4. The highest BCUT2D eigenvalue weighted by atomic mass is 31.2. The van der Waals surface area contributed by atoms with Gasteiger partial charge in [-0.15, -0.1) is 0 Å². The molecule has 1 heterocycles. The van der Waals surface area contributed by atoms with Crippen LogP contribution in [-0.2, 0) is 35.7 Å². The molecule has 8 rings (SSSR count). The molecule has 3 saturated carbocycles. The molecule has 6 atom stereocenters. The van der Waals surface area contributed by atoms with Crippen LogP contribution in [0.4, 0.5) is 0 Å². The van der Waals surface area contributed by atoms with Gasteiger partial charge in [0, 0.05) is 29.4 Å². The Balaban J connectivity index is 1.11. The minimum atomic E-state index is -4.61. The van der Waals surface area contributed by atoms with Crippen molar-refractivity contribution in [1.82, 2.24) is 0 Å². The molecule has 3 aromatic carbocycles. The molecule has 4 aliphatic carbocycles. The fourth-order valence-electron chi connectivity index (χ4n) is 9.86. The van der Waals surface area contributed by atoms with Gasteiger partial charge in [-0.2, -0.15) is 0 Å². The maximum atomic E-state index is 14.2. The summed E-state index contributed by atoms with van der Waals surface area (Å²) < 4.78 is 38.9. The van der Waals surface area contributed by atoms with Crippen LogP contribution in [0.25, 0.3) is 0 Å². The molecule has 0 amide bonds. The van der Waals surface area contributed by atoms with Gasteiger partial charge in [0.2, 0.25) is 0 Å². The van der Waals surface area contributed by atoms with Crippen LogP contribution in [0, 0.1) is 5.92 Å². The number of methoxy groups -OCH3 is 1. The molecule has 0 radical (unpaired) electrons. The number of ketones is 1. The number of phosphoric acid groups is 1. The molecular weight excluding hydrogens is 589 g/mol. The minimum absolute atomic E-state index is 0.0197. The molecular formula is C36H40NO7P. The topological polar surface area (TPSA) is 117 Å². The molecule has 9 heteroatoms. The monoisotopic (exact) mass is 629 g/mol. The first-order chi connectivity index (χ1) is 21.7. The molecule has 0 aromatic heterocycles. The minimum Gasteiger partial charge on any atom is -0.493 e. The summed E-state index contributed by atoms with van der Waals surface area (Å²) in [6.07, 6.45) is 3.72. The van der Waals surface area contributed by atoms with Crippen LogP contribution < -0.4 is 15.2 Å². The standard InChI is InChI=1S/C36H40NO7P/c1-41-30-13-12-23-22-27-28(37)16-20-35-31(23)32(30)42-33(35)29(38)17-21-36(27,35)44-45(39,40)43-26-14-18-34(19-15-26,24-8-4-2-5-9-24)25-10-6-3-7-11-25/h2-13,26-28,33H,14-22,37H2,1H3,(H,39,40). The summed E-state index contributed by atoms with van der Waals surface area (Å²) in [5.41, 5.74) is 8.89. The molecule has 3 aromatic rings. The molecule has 5 aliphatic rings. The van der Waals surface area contributed by atoms with E-state index in [2.05, 4.69) is 48.5 Å². The van der Waals surface area contributed by atoms with Gasteiger partial charge >= 0.3 is 7.82 Å². The number of carbonyl (C=O) groups is 1. The van der Waals surface area contributed by atoms with Crippen LogP contribution >= 0.6 is 7.82 Å². The smallest absolute Gasteiger partial charge is 0.473 e. The fraction of sp³-hybridized carbons (Fsp3) is 0.472. The Hall–Kier alpha value is -3.00. The maximum absolute atomic E-state index is 14.2. The Morgan fingerprint density at radius 1 is 0.911 bits per heavy atom. The SMILES string of the molecule is COc1ccc2c3c1OC1C(=O)CCC4(OP(=O)(O)OC5CCC(c6ccccc6)(c6ccccc6)CC5)C(C2)C(N)CCC314. The second-order valence-electron chi connectivity index (χ2n) is 13.6. The Morgan fingerprint density at radius 3 is 2.22 bits per heavy atom. The van der Waals surface area contributed by atoms with Crippen LogP contribution in [0.3, 0.4) is 0 Å². The van der Waals surface area contributed by atoms with Crippen LogP contribution in [0.15, 0.2) is 72.8 Å². The number of phosphoric ester groups is 1. The van der Waals surface area contributed by atoms with Gasteiger partial charge in [0.05, 0.1) is 24.2 Å². The summed E-state index contributed by atoms with van der Waals surface area (Å²) in [6, 6.07) is 24.6. The van der Waals surface area contributed by atoms with Crippen LogP contribution in [0.1, 0.15) is 73.6 Å². The predicted octanol–water partition coefficient (Wildman–Crippen LogP) is 6.15. The number of hydrogen-bond acceptors (Lipinski definition) is 7. The molecule has 1 spiro atoms. The van der Waals surface area contributed by atoms with Crippen molar-refractivity contribution in [2.75, 3.05) is 7.11 Å². The molecule has 236 valence electrons. The lowest BCUT2D eigenvalue weighted by atomic mass is 9.45. The number of Topliss-reactive ketones (excluding diaryl/α,β-unsaturated/α-hetero) is 1. The van der Waals surface area contributed by atoms with E-state index in [0.717, 1.165) is 24.0 Å². The van der Waals surface area contributed by atoms with Crippen molar-refractivity contribution in [1.29, 1.82) is 0 Å². The normalized spacial score (nSPS) is 32.7. The predicted molar refractivity (Wildman–Crippen MR) is 168 cm³/mol. The first-order valence-corrected chi connectivity index (χ1v) is 17.7. The number of ether oxygens (including phenoxy) is 2. The Bertz CT molecular complexity index is 1630. The van der Waals surface area contributed by atoms with Crippen molar-refractivity contribution >= 4 is 13.6 Å². The first-order valence-electron chi connectivity index (χ1n) is 16.2. The summed E-state index contributed by atoms with van der Waals surface area (Å²) in [6.45, 7) is 0. The van der Waals surface area contributed by atoms with Crippen molar-refractivity contribution in [3.8, 4) is 11.5 Å². The Kier molecular flexibility index (Phi) is 6.87. The van der Waals surface area contributed by atoms with Crippen molar-refractivity contribution < 1.29 is 32.8 Å². The summed E-state index contributed by atoms with van der Waals surface area (Å²) in [5, 5.41) is 0. The van der Waals surface area contributed by atoms with Crippen LogP contribution in [0.2, 0.25) is 0 Å². The number of hydrogen-bond donors (Lipinski definition) is 2. The molecule has 8 nitrogen and oxygen atoms in total. The number of benzene rings is 3. The summed E-state index contributed by atoms with van der Waals surface area (Å²) >= 11 is 0. The highest BCUT2D eigenvalue weighted by molar-refractivity contribution is 7.47. The number of carbonyl (C=O) groups excluding carboxylic acids is 1. The van der Waals surface area contributed by atoms with Gasteiger partial charge in [-0.1, -0.05) is 66.7 Å². The van der Waals surface area contributed by atoms with E-state index in [-0.39, 0.29) is 29.6 Å². The summed E-state index contributed by atoms with van der Waals surface area (Å²) in [5.74, 6) is 0.819. The van der Waals surface area contributed by atoms with Gasteiger partial charge in [0.1, 0.15) is 0 Å². The second-order valence-corrected chi connectivity index (χ2v) is 15.0. The van der Waals surface area contributed by atoms with Crippen molar-refractivity contribution in [2.24, 2.45) is 11.7 Å². The van der Waals surface area contributed by atoms with Gasteiger partial charge in [0.25, 0.3) is 0 Å². The third-order valence-electron chi connectivity index (χ3n) is 11.8. The van der Waals surface area contributed by atoms with Gasteiger partial charge in [0.15, 0.2) is 23.4 Å². The van der Waals surface area contributed by atoms with E-state index >= 15 is 0 Å². The van der Waals surface area contributed by atoms with Gasteiger partial charge < -0.3 is 20.1 Å². The molecule has 2 bridgehead atoms. The maximum Gasteiger partial charge on any atom is 0.473 e. The Morgan fingerprint density at radius 2 is 1.58 bits per heavy atom. The lowest BCUT2D eigenvalue weighted by Crippen LogP contribution is -2.73. The summed E-state index contributed by atoms with van der Waals surface area (Å²) in [7, 11) is -3.02. The third kappa shape index (κ3) is 4.19. The van der Waals surface area contributed by atoms with E-state index in [1.54, 1.807) is 7.11 Å². The molecule has 3 fully saturated rings. The van der Waals surface area contributed by atoms with Crippen molar-refractivity contribution in [2.45, 2.75) is 92.5 Å². The second kappa shape index (κ2) is 10.5. The van der Waals surface area contributed by atoms with E-state index in [4.69, 9.17) is 24.3 Å². The zero-order valence-electron chi connectivity index (χ0n) is 25.5. The lowest BCUT2D eigenvalue weighted by Gasteiger charge is -2.62. The van der Waals surface area contributed by atoms with E-state index in [0.29, 0.717) is 50.0 Å². The fourth-order valence-corrected chi connectivity index (χ4v) is 11.3. The van der Waals surface area contributed by atoms with Crippen LogP contribution in [-0.4, -0.2) is 41.6 Å². The Labute approximate surface area is 263 Å². The zero-order chi connectivity index (χ0) is 31.0. The lowest BCUT2D eigenvalue weighted by molar-refractivity contribution is -0.177. The number of rotatable bonds is 7. The average molecular weight is 630 g/mol. The van der Waals surface area contributed by atoms with Gasteiger partial charge in [-0.3, -0.25) is 13.8 Å². The third-order valence-corrected chi connectivity index (χ3v) is 12.9. The van der Waals surface area contributed by atoms with E-state index in [1.807, 2.05) is 24.3 Å². The van der Waals surface area contributed by atoms with Crippen molar-refractivity contribution in [3.63, 3.8) is 0 Å². The highest BCUT2D eigenvalue weighted by Crippen LogP contribution is 2.71. The van der Waals surface area contributed by atoms with Gasteiger partial charge in [-0.25, -0.2) is 4.57 Å². The quantitative estimate of drug-likeness (QED) is 0.299. The molecule has 3 N–H and O–H groups in total. The first kappa shape index (κ1) is 29.4. The molecule has 1 aliphatic heterocycles.